The van der Waals surface area contributed by atoms with Crippen LogP contribution < -0.4 is 0 Å². The van der Waals surface area contributed by atoms with E-state index in [1.165, 1.54) is 88.2 Å². The van der Waals surface area contributed by atoms with Crippen LogP contribution in [-0.4, -0.2) is 9.97 Å². The van der Waals surface area contributed by atoms with Crippen molar-refractivity contribution in [3.8, 4) is 17.2 Å². The van der Waals surface area contributed by atoms with E-state index in [0.29, 0.717) is 5.92 Å². The zero-order valence-electron chi connectivity index (χ0n) is 22.4. The molecule has 1 saturated carbocycles. The highest BCUT2D eigenvalue weighted by atomic mass is 14.9. The number of hydrogen-bond donors (Lipinski definition) is 0. The van der Waals surface area contributed by atoms with Crippen LogP contribution in [0.25, 0.3) is 11.1 Å². The van der Waals surface area contributed by atoms with Gasteiger partial charge in [-0.25, -0.2) is 9.97 Å². The molecule has 0 N–H and O–H groups in total. The predicted molar refractivity (Wildman–Crippen MR) is 147 cm³/mol. The molecular formula is C32H47N3. The number of benzene rings is 1. The van der Waals surface area contributed by atoms with Crippen LogP contribution in [0.4, 0.5) is 0 Å². The van der Waals surface area contributed by atoms with E-state index < -0.39 is 0 Å². The van der Waals surface area contributed by atoms with Gasteiger partial charge in [-0.15, -0.1) is 0 Å². The molecule has 3 nitrogen and oxygen atoms in total. The molecule has 0 unspecified atom stereocenters. The fourth-order valence-electron chi connectivity index (χ4n) is 5.58. The Hall–Kier alpha value is -2.21. The highest BCUT2D eigenvalue weighted by Gasteiger charge is 2.36. The maximum Gasteiger partial charge on any atom is 0.131 e. The van der Waals surface area contributed by atoms with Crippen molar-refractivity contribution >= 4 is 0 Å². The minimum atomic E-state index is -0.111. The van der Waals surface area contributed by atoms with E-state index in [1.54, 1.807) is 0 Å². The predicted octanol–water partition coefficient (Wildman–Crippen LogP) is 9.57. The van der Waals surface area contributed by atoms with Gasteiger partial charge in [0.25, 0.3) is 0 Å². The van der Waals surface area contributed by atoms with Gasteiger partial charge in [-0.3, -0.25) is 0 Å². The van der Waals surface area contributed by atoms with Gasteiger partial charge in [-0.2, -0.15) is 5.26 Å². The van der Waals surface area contributed by atoms with Gasteiger partial charge in [0.05, 0.1) is 11.5 Å². The van der Waals surface area contributed by atoms with Crippen LogP contribution >= 0.6 is 0 Å². The van der Waals surface area contributed by atoms with E-state index in [-0.39, 0.29) is 5.41 Å². The number of aryl methyl sites for hydroxylation is 1. The van der Waals surface area contributed by atoms with Gasteiger partial charge in [0.1, 0.15) is 5.82 Å². The van der Waals surface area contributed by atoms with Crippen LogP contribution in [0, 0.1) is 16.7 Å². The van der Waals surface area contributed by atoms with Crippen molar-refractivity contribution in [3.63, 3.8) is 0 Å². The number of nitriles is 1. The highest BCUT2D eigenvalue weighted by molar-refractivity contribution is 5.61. The molecular weight excluding hydrogens is 426 g/mol. The van der Waals surface area contributed by atoms with Gasteiger partial charge in [0.15, 0.2) is 0 Å². The lowest BCUT2D eigenvalue weighted by Gasteiger charge is -2.34. The number of hydrogen-bond acceptors (Lipinski definition) is 3. The smallest absolute Gasteiger partial charge is 0.131 e. The van der Waals surface area contributed by atoms with Crippen molar-refractivity contribution < 1.29 is 0 Å². The maximum atomic E-state index is 9.89. The Morgan fingerprint density at radius 3 is 1.94 bits per heavy atom. The van der Waals surface area contributed by atoms with Crippen molar-refractivity contribution in [2.75, 3.05) is 0 Å². The Bertz CT molecular complexity index is 871. The summed E-state index contributed by atoms with van der Waals surface area (Å²) in [7, 11) is 0. The molecule has 1 heterocycles. The lowest BCUT2D eigenvalue weighted by atomic mass is 9.68. The first-order valence-corrected chi connectivity index (χ1v) is 14.5. The standard InChI is InChI=1S/C32H47N3/c1-3-5-7-9-10-12-14-27-15-17-28(18-16-27)30-24-34-31(35-25-30)29-19-22-32(26-33,23-20-29)21-13-11-8-6-4-2/h15-18,24-25,29H,3-14,19-23H2,1-2H3. The Morgan fingerprint density at radius 1 is 0.771 bits per heavy atom. The van der Waals surface area contributed by atoms with E-state index in [2.05, 4.69) is 44.2 Å². The van der Waals surface area contributed by atoms with Gasteiger partial charge in [0, 0.05) is 23.9 Å². The minimum Gasteiger partial charge on any atom is -0.240 e. The second kappa shape index (κ2) is 15.0. The molecule has 190 valence electrons. The number of rotatable bonds is 15. The van der Waals surface area contributed by atoms with Crippen molar-refractivity contribution in [3.05, 3.63) is 48.0 Å². The minimum absolute atomic E-state index is 0.111. The SMILES string of the molecule is CCCCCCCCc1ccc(-c2cnc(C3CCC(C#N)(CCCCCCC)CC3)nc2)cc1. The number of nitrogens with zero attached hydrogens (tertiary/aromatic N) is 3. The molecule has 3 heteroatoms. The van der Waals surface area contributed by atoms with Crippen LogP contribution in [0.2, 0.25) is 0 Å². The number of unbranched alkanes of at least 4 members (excludes halogenated alkanes) is 9. The lowest BCUT2D eigenvalue weighted by Crippen LogP contribution is -2.26. The topological polar surface area (TPSA) is 49.6 Å². The molecule has 0 atom stereocenters. The summed E-state index contributed by atoms with van der Waals surface area (Å²) in [5.41, 5.74) is 3.60. The van der Waals surface area contributed by atoms with E-state index in [9.17, 15) is 5.26 Å². The van der Waals surface area contributed by atoms with Crippen LogP contribution in [0.5, 0.6) is 0 Å². The highest BCUT2D eigenvalue weighted by Crippen LogP contribution is 2.45. The van der Waals surface area contributed by atoms with Crippen LogP contribution in [-0.2, 0) is 6.42 Å². The molecule has 0 aliphatic heterocycles. The Morgan fingerprint density at radius 2 is 1.34 bits per heavy atom. The fraction of sp³-hybridized carbons (Fsp3) is 0.656. The van der Waals surface area contributed by atoms with Crippen LogP contribution in [0.3, 0.4) is 0 Å². The second-order valence-corrected chi connectivity index (χ2v) is 10.9. The van der Waals surface area contributed by atoms with Gasteiger partial charge in [-0.1, -0.05) is 102 Å². The van der Waals surface area contributed by atoms with Crippen LogP contribution in [0.15, 0.2) is 36.7 Å². The van der Waals surface area contributed by atoms with E-state index >= 15 is 0 Å². The van der Waals surface area contributed by atoms with Gasteiger partial charge < -0.3 is 0 Å². The molecule has 0 amide bonds. The third-order valence-corrected chi connectivity index (χ3v) is 8.08. The van der Waals surface area contributed by atoms with Crippen molar-refractivity contribution in [1.82, 2.24) is 9.97 Å². The fourth-order valence-corrected chi connectivity index (χ4v) is 5.58. The van der Waals surface area contributed by atoms with Crippen molar-refractivity contribution in [2.45, 2.75) is 129 Å². The molecule has 2 aromatic rings. The van der Waals surface area contributed by atoms with E-state index in [4.69, 9.17) is 9.97 Å². The lowest BCUT2D eigenvalue weighted by molar-refractivity contribution is 0.219. The Kier molecular flexibility index (Phi) is 11.8. The Balaban J connectivity index is 1.45. The average molecular weight is 474 g/mol. The third-order valence-electron chi connectivity index (χ3n) is 8.08. The second-order valence-electron chi connectivity index (χ2n) is 10.9. The molecule has 1 aromatic heterocycles. The zero-order valence-corrected chi connectivity index (χ0v) is 22.4. The molecule has 1 aliphatic carbocycles. The normalized spacial score (nSPS) is 20.0. The molecule has 3 rings (SSSR count). The number of aromatic nitrogens is 2. The Labute approximate surface area is 214 Å². The summed E-state index contributed by atoms with van der Waals surface area (Å²) in [5.74, 6) is 1.35. The molecule has 1 aliphatic rings. The van der Waals surface area contributed by atoms with E-state index in [1.807, 2.05) is 12.4 Å². The van der Waals surface area contributed by atoms with Gasteiger partial charge >= 0.3 is 0 Å². The zero-order chi connectivity index (χ0) is 24.8. The summed E-state index contributed by atoms with van der Waals surface area (Å²) in [5, 5.41) is 9.89. The first-order valence-electron chi connectivity index (χ1n) is 14.5. The summed E-state index contributed by atoms with van der Waals surface area (Å²) < 4.78 is 0. The summed E-state index contributed by atoms with van der Waals surface area (Å²) in [4.78, 5) is 9.52. The monoisotopic (exact) mass is 473 g/mol. The first-order chi connectivity index (χ1) is 17.2. The third kappa shape index (κ3) is 8.75. The van der Waals surface area contributed by atoms with Gasteiger partial charge in [-0.05, 0) is 56.1 Å². The molecule has 0 saturated heterocycles. The maximum absolute atomic E-state index is 9.89. The van der Waals surface area contributed by atoms with E-state index in [0.717, 1.165) is 43.5 Å². The van der Waals surface area contributed by atoms with Gasteiger partial charge in [0.2, 0.25) is 0 Å². The summed E-state index contributed by atoms with van der Waals surface area (Å²) in [6, 6.07) is 11.7. The molecule has 0 bridgehead atoms. The average Bonchev–Trinajstić information content (AvgIpc) is 2.91. The summed E-state index contributed by atoms with van der Waals surface area (Å²) >= 11 is 0. The quantitative estimate of drug-likeness (QED) is 0.242. The van der Waals surface area contributed by atoms with Crippen molar-refractivity contribution in [1.29, 1.82) is 5.26 Å². The largest absolute Gasteiger partial charge is 0.240 e. The molecule has 0 radical (unpaired) electrons. The summed E-state index contributed by atoms with van der Waals surface area (Å²) in [6.45, 7) is 4.52. The van der Waals surface area contributed by atoms with Crippen LogP contribution in [0.1, 0.15) is 134 Å². The molecule has 35 heavy (non-hydrogen) atoms. The first kappa shape index (κ1) is 27.4. The summed E-state index contributed by atoms with van der Waals surface area (Å²) in [6.07, 6.45) is 24.7. The van der Waals surface area contributed by atoms with Crippen molar-refractivity contribution in [2.24, 2.45) is 5.41 Å². The molecule has 0 spiro atoms. The molecule has 1 fully saturated rings. The molecule has 1 aromatic carbocycles.